The van der Waals surface area contributed by atoms with Gasteiger partial charge in [-0.1, -0.05) is 0 Å². The average Bonchev–Trinajstić information content (AvgIpc) is 2.93. The highest BCUT2D eigenvalue weighted by molar-refractivity contribution is 5.75. The Balaban J connectivity index is 1.67. The third-order valence-electron chi connectivity index (χ3n) is 3.47. The van der Waals surface area contributed by atoms with E-state index in [0.29, 0.717) is 18.7 Å². The van der Waals surface area contributed by atoms with Crippen molar-refractivity contribution in [3.05, 3.63) is 24.3 Å². The predicted octanol–water partition coefficient (Wildman–Crippen LogP) is 1.85. The van der Waals surface area contributed by atoms with Gasteiger partial charge in [-0.25, -0.2) is 0 Å². The molecular formula is C15H22N2O3. The van der Waals surface area contributed by atoms with Crippen LogP contribution in [0.4, 0.5) is 5.69 Å². The molecule has 5 heteroatoms. The number of benzene rings is 1. The summed E-state index contributed by atoms with van der Waals surface area (Å²) in [7, 11) is 0. The van der Waals surface area contributed by atoms with Crippen molar-refractivity contribution >= 4 is 11.7 Å². The molecule has 1 aromatic carbocycles. The summed E-state index contributed by atoms with van der Waals surface area (Å²) in [4.78, 5) is 11.8. The zero-order chi connectivity index (χ0) is 14.4. The van der Waals surface area contributed by atoms with E-state index < -0.39 is 6.04 Å². The Morgan fingerprint density at radius 3 is 2.55 bits per heavy atom. The second-order valence-corrected chi connectivity index (χ2v) is 5.16. The average molecular weight is 278 g/mol. The minimum atomic E-state index is -0.621. The number of hydrogen-bond acceptors (Lipinski definition) is 5. The van der Waals surface area contributed by atoms with E-state index in [1.165, 1.54) is 0 Å². The second-order valence-electron chi connectivity index (χ2n) is 5.16. The van der Waals surface area contributed by atoms with Crippen LogP contribution in [-0.2, 0) is 9.53 Å². The van der Waals surface area contributed by atoms with Crippen molar-refractivity contribution in [3.8, 4) is 5.75 Å². The van der Waals surface area contributed by atoms with Crippen molar-refractivity contribution in [3.63, 3.8) is 0 Å². The summed E-state index contributed by atoms with van der Waals surface area (Å²) < 4.78 is 10.9. The molecule has 0 spiro atoms. The molecule has 5 nitrogen and oxygen atoms in total. The smallest absolute Gasteiger partial charge is 0.323 e. The van der Waals surface area contributed by atoms with Gasteiger partial charge in [0.1, 0.15) is 17.9 Å². The summed E-state index contributed by atoms with van der Waals surface area (Å²) >= 11 is 0. The van der Waals surface area contributed by atoms with Gasteiger partial charge in [0.25, 0.3) is 0 Å². The van der Waals surface area contributed by atoms with Gasteiger partial charge >= 0.3 is 5.97 Å². The van der Waals surface area contributed by atoms with E-state index in [9.17, 15) is 4.79 Å². The van der Waals surface area contributed by atoms with Crippen LogP contribution in [0.15, 0.2) is 24.3 Å². The Hall–Kier alpha value is -1.75. The van der Waals surface area contributed by atoms with Gasteiger partial charge in [0.05, 0.1) is 6.61 Å². The number of rotatable bonds is 6. The van der Waals surface area contributed by atoms with Crippen LogP contribution in [0.25, 0.3) is 0 Å². The van der Waals surface area contributed by atoms with E-state index >= 15 is 0 Å². The zero-order valence-electron chi connectivity index (χ0n) is 11.6. The standard InChI is InChI=1S/C15H22N2O3/c16-11-5-7-12(8-6-11)19-10-9-14(17)15(18)20-13-3-1-2-4-13/h5-8,13-14H,1-4,9-10,16-17H2/t14-/m0/s1. The van der Waals surface area contributed by atoms with Crippen molar-refractivity contribution in [1.82, 2.24) is 0 Å². The monoisotopic (exact) mass is 278 g/mol. The summed E-state index contributed by atoms with van der Waals surface area (Å²) in [6, 6.07) is 6.49. The molecule has 1 atom stereocenters. The Morgan fingerprint density at radius 2 is 1.90 bits per heavy atom. The first kappa shape index (κ1) is 14.7. The summed E-state index contributed by atoms with van der Waals surface area (Å²) in [5.74, 6) is 0.397. The summed E-state index contributed by atoms with van der Waals surface area (Å²) in [6.45, 7) is 0.380. The van der Waals surface area contributed by atoms with Crippen molar-refractivity contribution in [2.24, 2.45) is 5.73 Å². The number of ether oxygens (including phenoxy) is 2. The summed E-state index contributed by atoms with van der Waals surface area (Å²) in [5, 5.41) is 0. The number of carbonyl (C=O) groups excluding carboxylic acids is 1. The number of anilines is 1. The fourth-order valence-electron chi connectivity index (χ4n) is 2.24. The van der Waals surface area contributed by atoms with E-state index in [-0.39, 0.29) is 12.1 Å². The molecule has 20 heavy (non-hydrogen) atoms. The fraction of sp³-hybridized carbons (Fsp3) is 0.533. The van der Waals surface area contributed by atoms with Crippen LogP contribution in [0.5, 0.6) is 5.75 Å². The van der Waals surface area contributed by atoms with Crippen LogP contribution in [0.2, 0.25) is 0 Å². The van der Waals surface area contributed by atoms with Gasteiger partial charge in [0.2, 0.25) is 0 Å². The van der Waals surface area contributed by atoms with E-state index in [1.807, 2.05) is 0 Å². The van der Waals surface area contributed by atoms with Crippen molar-refractivity contribution in [1.29, 1.82) is 0 Å². The lowest BCUT2D eigenvalue weighted by molar-refractivity contribution is -0.150. The highest BCUT2D eigenvalue weighted by Gasteiger charge is 2.22. The topological polar surface area (TPSA) is 87.6 Å². The molecule has 1 saturated carbocycles. The number of nitrogen functional groups attached to an aromatic ring is 1. The maximum absolute atomic E-state index is 11.8. The Morgan fingerprint density at radius 1 is 1.25 bits per heavy atom. The number of nitrogens with two attached hydrogens (primary N) is 2. The molecule has 110 valence electrons. The van der Waals surface area contributed by atoms with Gasteiger partial charge in [-0.2, -0.15) is 0 Å². The van der Waals surface area contributed by atoms with E-state index in [2.05, 4.69) is 0 Å². The van der Waals surface area contributed by atoms with Crippen molar-refractivity contribution < 1.29 is 14.3 Å². The van der Waals surface area contributed by atoms with Crippen LogP contribution in [0.3, 0.4) is 0 Å². The van der Waals surface area contributed by atoms with Gasteiger partial charge in [0.15, 0.2) is 0 Å². The van der Waals surface area contributed by atoms with Crippen LogP contribution >= 0.6 is 0 Å². The number of esters is 1. The van der Waals surface area contributed by atoms with Crippen LogP contribution in [-0.4, -0.2) is 24.7 Å². The molecule has 0 heterocycles. The Bertz CT molecular complexity index is 427. The van der Waals surface area contributed by atoms with Gasteiger partial charge in [0, 0.05) is 12.1 Å². The molecule has 0 aliphatic heterocycles. The van der Waals surface area contributed by atoms with Crippen LogP contribution in [0.1, 0.15) is 32.1 Å². The fourth-order valence-corrected chi connectivity index (χ4v) is 2.24. The van der Waals surface area contributed by atoms with Crippen molar-refractivity contribution in [2.45, 2.75) is 44.2 Å². The third kappa shape index (κ3) is 4.42. The third-order valence-corrected chi connectivity index (χ3v) is 3.47. The van der Waals surface area contributed by atoms with E-state index in [0.717, 1.165) is 31.4 Å². The molecule has 1 fully saturated rings. The second kappa shape index (κ2) is 7.14. The first-order valence-corrected chi connectivity index (χ1v) is 7.09. The molecule has 0 aromatic heterocycles. The maximum atomic E-state index is 11.8. The molecule has 0 amide bonds. The molecule has 1 aliphatic carbocycles. The molecule has 4 N–H and O–H groups in total. The van der Waals surface area contributed by atoms with E-state index in [1.54, 1.807) is 24.3 Å². The first-order valence-electron chi connectivity index (χ1n) is 7.09. The Labute approximate surface area is 119 Å². The minimum absolute atomic E-state index is 0.0616. The molecular weight excluding hydrogens is 256 g/mol. The highest BCUT2D eigenvalue weighted by atomic mass is 16.5. The SMILES string of the molecule is Nc1ccc(OCC[C@H](N)C(=O)OC2CCCC2)cc1. The molecule has 0 saturated heterocycles. The summed E-state index contributed by atoms with van der Waals surface area (Å²) in [6.07, 6.45) is 4.68. The zero-order valence-corrected chi connectivity index (χ0v) is 11.6. The van der Waals surface area contributed by atoms with Gasteiger partial charge in [-0.15, -0.1) is 0 Å². The largest absolute Gasteiger partial charge is 0.494 e. The lowest BCUT2D eigenvalue weighted by atomic mass is 10.2. The normalized spacial score (nSPS) is 16.9. The van der Waals surface area contributed by atoms with Crippen LogP contribution < -0.4 is 16.2 Å². The molecule has 1 aliphatic rings. The number of hydrogen-bond donors (Lipinski definition) is 2. The molecule has 2 rings (SSSR count). The molecule has 0 unspecified atom stereocenters. The Kier molecular flexibility index (Phi) is 5.24. The molecule has 0 bridgehead atoms. The molecule has 0 radical (unpaired) electrons. The van der Waals surface area contributed by atoms with E-state index in [4.69, 9.17) is 20.9 Å². The lowest BCUT2D eigenvalue weighted by Crippen LogP contribution is -2.35. The van der Waals surface area contributed by atoms with Crippen LogP contribution in [0, 0.1) is 0 Å². The number of carbonyl (C=O) groups is 1. The predicted molar refractivity (Wildman–Crippen MR) is 77.3 cm³/mol. The van der Waals surface area contributed by atoms with Gasteiger partial charge in [-0.3, -0.25) is 4.79 Å². The quantitative estimate of drug-likeness (QED) is 0.612. The van der Waals surface area contributed by atoms with Gasteiger partial charge in [-0.05, 0) is 49.9 Å². The molecule has 1 aromatic rings. The summed E-state index contributed by atoms with van der Waals surface area (Å²) in [5.41, 5.74) is 12.1. The highest BCUT2D eigenvalue weighted by Crippen LogP contribution is 2.21. The van der Waals surface area contributed by atoms with Crippen molar-refractivity contribution in [2.75, 3.05) is 12.3 Å². The minimum Gasteiger partial charge on any atom is -0.494 e. The first-order chi connectivity index (χ1) is 9.65. The van der Waals surface area contributed by atoms with Gasteiger partial charge < -0.3 is 20.9 Å². The lowest BCUT2D eigenvalue weighted by Gasteiger charge is -2.16. The maximum Gasteiger partial charge on any atom is 0.323 e.